The molecule has 4 aromatic rings. The molecule has 1 aliphatic rings. The smallest absolute Gasteiger partial charge is 0.272 e. The summed E-state index contributed by atoms with van der Waals surface area (Å²) in [4.78, 5) is 12.2. The zero-order chi connectivity index (χ0) is 22.4. The van der Waals surface area contributed by atoms with Crippen molar-refractivity contribution in [2.75, 3.05) is 0 Å². The van der Waals surface area contributed by atoms with Crippen LogP contribution in [0.5, 0.6) is 5.75 Å². The van der Waals surface area contributed by atoms with Gasteiger partial charge in [0.15, 0.2) is 0 Å². The Labute approximate surface area is 183 Å². The molecule has 8 heteroatoms. The Balaban J connectivity index is 1.74. The Bertz CT molecular complexity index is 1460. The van der Waals surface area contributed by atoms with Gasteiger partial charge in [-0.2, -0.15) is 15.5 Å². The van der Waals surface area contributed by atoms with Crippen LogP contribution in [0, 0.1) is 17.1 Å². The molecule has 1 N–H and O–H groups in total. The highest BCUT2D eigenvalue weighted by atomic mass is 19.1. The Kier molecular flexibility index (Phi) is 4.74. The van der Waals surface area contributed by atoms with E-state index >= 15 is 4.39 Å². The van der Waals surface area contributed by atoms with E-state index < -0.39 is 5.82 Å². The minimum atomic E-state index is -0.525. The zero-order valence-corrected chi connectivity index (χ0v) is 17.6. The molecule has 0 saturated heterocycles. The number of aromatic nitrogens is 4. The van der Waals surface area contributed by atoms with Gasteiger partial charge in [0.2, 0.25) is 0 Å². The summed E-state index contributed by atoms with van der Waals surface area (Å²) in [5.41, 5.74) is 2.66. The lowest BCUT2D eigenvalue weighted by atomic mass is 9.95. The van der Waals surface area contributed by atoms with E-state index in [1.807, 2.05) is 13.0 Å². The average molecular weight is 429 g/mol. The van der Waals surface area contributed by atoms with Gasteiger partial charge in [-0.05, 0) is 49.1 Å². The van der Waals surface area contributed by atoms with Gasteiger partial charge in [0, 0.05) is 18.0 Å². The third-order valence-electron chi connectivity index (χ3n) is 5.74. The molecule has 0 aliphatic heterocycles. The SMILES string of the molecule is CCc1n[nH]c(=O)c2ccc(-c3cnn(C)c3-c3c(F)ccc(OC4CC4)c3C#N)cc12. The van der Waals surface area contributed by atoms with Crippen molar-refractivity contribution in [3.05, 3.63) is 64.0 Å². The number of hydrogen-bond donors (Lipinski definition) is 1. The number of nitriles is 1. The van der Waals surface area contributed by atoms with Crippen LogP contribution in [0.2, 0.25) is 0 Å². The molecule has 0 radical (unpaired) electrons. The first-order chi connectivity index (χ1) is 15.5. The average Bonchev–Trinajstić information content (AvgIpc) is 3.54. The molecule has 1 saturated carbocycles. The van der Waals surface area contributed by atoms with E-state index in [2.05, 4.69) is 21.4 Å². The summed E-state index contributed by atoms with van der Waals surface area (Å²) in [6.07, 6.45) is 4.21. The second-order valence-corrected chi connectivity index (χ2v) is 7.87. The predicted octanol–water partition coefficient (Wildman–Crippen LogP) is 4.10. The normalized spacial score (nSPS) is 13.3. The number of fused-ring (bicyclic) bond motifs is 1. The van der Waals surface area contributed by atoms with Gasteiger partial charge in [0.05, 0.1) is 34.6 Å². The molecule has 2 aromatic heterocycles. The van der Waals surface area contributed by atoms with Crippen molar-refractivity contribution < 1.29 is 9.13 Å². The lowest BCUT2D eigenvalue weighted by Crippen LogP contribution is -2.10. The molecule has 0 amide bonds. The van der Waals surface area contributed by atoms with Gasteiger partial charge < -0.3 is 4.74 Å². The number of nitrogens with one attached hydrogen (secondary N) is 1. The van der Waals surface area contributed by atoms with E-state index in [4.69, 9.17) is 4.74 Å². The highest BCUT2D eigenvalue weighted by Gasteiger charge is 2.28. The van der Waals surface area contributed by atoms with Crippen LogP contribution >= 0.6 is 0 Å². The van der Waals surface area contributed by atoms with Crippen molar-refractivity contribution in [3.8, 4) is 34.2 Å². The standard InChI is InChI=1S/C24H20FN5O2/c1-3-20-16-10-13(4-7-15(16)24(31)29-28-20)18-12-27-30(2)23(18)22-17(11-26)21(9-8-19(22)25)32-14-5-6-14/h4,7-10,12,14H,3,5-6H2,1-2H3,(H,29,31). The Morgan fingerprint density at radius 1 is 1.28 bits per heavy atom. The molecule has 2 aromatic carbocycles. The van der Waals surface area contributed by atoms with Crippen molar-refractivity contribution in [2.45, 2.75) is 32.3 Å². The van der Waals surface area contributed by atoms with Crippen molar-refractivity contribution >= 4 is 10.8 Å². The highest BCUT2D eigenvalue weighted by Crippen LogP contribution is 2.40. The van der Waals surface area contributed by atoms with Gasteiger partial charge >= 0.3 is 0 Å². The molecule has 0 spiro atoms. The van der Waals surface area contributed by atoms with Gasteiger partial charge in [-0.15, -0.1) is 0 Å². The quantitative estimate of drug-likeness (QED) is 0.515. The van der Waals surface area contributed by atoms with Crippen molar-refractivity contribution in [1.82, 2.24) is 20.0 Å². The van der Waals surface area contributed by atoms with E-state index in [0.717, 1.165) is 29.5 Å². The number of nitrogens with zero attached hydrogens (tertiary/aromatic N) is 4. The second kappa shape index (κ2) is 7.61. The first kappa shape index (κ1) is 19.9. The molecular weight excluding hydrogens is 409 g/mol. The third-order valence-corrected chi connectivity index (χ3v) is 5.74. The Hall–Kier alpha value is -3.99. The fourth-order valence-electron chi connectivity index (χ4n) is 3.97. The minimum Gasteiger partial charge on any atom is -0.489 e. The van der Waals surface area contributed by atoms with E-state index in [9.17, 15) is 10.1 Å². The summed E-state index contributed by atoms with van der Waals surface area (Å²) in [6, 6.07) is 10.4. The molecule has 160 valence electrons. The van der Waals surface area contributed by atoms with Crippen LogP contribution in [0.3, 0.4) is 0 Å². The van der Waals surface area contributed by atoms with E-state index in [1.54, 1.807) is 30.1 Å². The third kappa shape index (κ3) is 3.23. The highest BCUT2D eigenvalue weighted by molar-refractivity contribution is 5.92. The number of aromatic amines is 1. The molecule has 5 rings (SSSR count). The van der Waals surface area contributed by atoms with Gasteiger partial charge in [-0.3, -0.25) is 9.48 Å². The number of ether oxygens (including phenoxy) is 1. The number of hydrogen-bond acceptors (Lipinski definition) is 5. The van der Waals surface area contributed by atoms with Gasteiger partial charge in [-0.1, -0.05) is 13.0 Å². The number of aryl methyl sites for hydroxylation is 2. The molecular formula is C24H20FN5O2. The molecule has 32 heavy (non-hydrogen) atoms. The number of halogens is 1. The monoisotopic (exact) mass is 429 g/mol. The molecule has 7 nitrogen and oxygen atoms in total. The van der Waals surface area contributed by atoms with Crippen molar-refractivity contribution in [2.24, 2.45) is 7.05 Å². The Morgan fingerprint density at radius 3 is 2.81 bits per heavy atom. The predicted molar refractivity (Wildman–Crippen MR) is 118 cm³/mol. The number of benzene rings is 2. The number of H-pyrrole nitrogens is 1. The van der Waals surface area contributed by atoms with Crippen LogP contribution in [-0.2, 0) is 13.5 Å². The second-order valence-electron chi connectivity index (χ2n) is 7.87. The summed E-state index contributed by atoms with van der Waals surface area (Å²) in [5, 5.41) is 22.2. The zero-order valence-electron chi connectivity index (χ0n) is 17.6. The maximum absolute atomic E-state index is 15.1. The summed E-state index contributed by atoms with van der Waals surface area (Å²) in [7, 11) is 1.71. The van der Waals surface area contributed by atoms with E-state index in [-0.39, 0.29) is 22.8 Å². The molecule has 1 aliphatic carbocycles. The molecule has 2 heterocycles. The first-order valence-electron chi connectivity index (χ1n) is 10.4. The molecule has 0 bridgehead atoms. The van der Waals surface area contributed by atoms with Crippen LogP contribution in [0.15, 0.2) is 41.3 Å². The summed E-state index contributed by atoms with van der Waals surface area (Å²) in [6.45, 7) is 1.96. The topological polar surface area (TPSA) is 96.6 Å². The van der Waals surface area contributed by atoms with Crippen LogP contribution in [0.1, 0.15) is 31.0 Å². The van der Waals surface area contributed by atoms with Gasteiger partial charge in [0.1, 0.15) is 23.2 Å². The lowest BCUT2D eigenvalue weighted by Gasteiger charge is -2.14. The van der Waals surface area contributed by atoms with Crippen LogP contribution in [-0.4, -0.2) is 26.1 Å². The fraction of sp³-hybridized carbons (Fsp3) is 0.250. The fourth-order valence-corrected chi connectivity index (χ4v) is 3.97. The van der Waals surface area contributed by atoms with Gasteiger partial charge in [-0.25, -0.2) is 9.49 Å². The summed E-state index contributed by atoms with van der Waals surface area (Å²) >= 11 is 0. The van der Waals surface area contributed by atoms with E-state index in [0.29, 0.717) is 28.8 Å². The first-order valence-corrected chi connectivity index (χ1v) is 10.4. The molecule has 0 atom stereocenters. The van der Waals surface area contributed by atoms with Crippen LogP contribution < -0.4 is 10.3 Å². The van der Waals surface area contributed by atoms with Crippen molar-refractivity contribution in [1.29, 1.82) is 5.26 Å². The lowest BCUT2D eigenvalue weighted by molar-refractivity contribution is 0.302. The van der Waals surface area contributed by atoms with E-state index in [1.165, 1.54) is 12.1 Å². The van der Waals surface area contributed by atoms with Crippen LogP contribution in [0.4, 0.5) is 4.39 Å². The van der Waals surface area contributed by atoms with Gasteiger partial charge in [0.25, 0.3) is 5.56 Å². The molecule has 1 fully saturated rings. The van der Waals surface area contributed by atoms with Crippen LogP contribution in [0.25, 0.3) is 33.2 Å². The largest absolute Gasteiger partial charge is 0.489 e. The number of rotatable bonds is 5. The summed E-state index contributed by atoms with van der Waals surface area (Å²) in [5.74, 6) is -0.149. The Morgan fingerprint density at radius 2 is 2.09 bits per heavy atom. The van der Waals surface area contributed by atoms with Crippen molar-refractivity contribution in [3.63, 3.8) is 0 Å². The minimum absolute atomic E-state index is 0.0740. The maximum atomic E-state index is 15.1. The maximum Gasteiger partial charge on any atom is 0.272 e. The molecule has 0 unspecified atom stereocenters. The summed E-state index contributed by atoms with van der Waals surface area (Å²) < 4.78 is 22.5.